The van der Waals surface area contributed by atoms with Crippen molar-refractivity contribution in [3.8, 4) is 0 Å². The summed E-state index contributed by atoms with van der Waals surface area (Å²) in [5.41, 5.74) is 3.83. The summed E-state index contributed by atoms with van der Waals surface area (Å²) in [6, 6.07) is 16.4. The maximum absolute atomic E-state index is 13.4. The number of thiophene rings is 1. The first-order valence-corrected chi connectivity index (χ1v) is 12.0. The van der Waals surface area contributed by atoms with Crippen LogP contribution >= 0.6 is 22.7 Å². The Morgan fingerprint density at radius 1 is 1.16 bits per heavy atom. The van der Waals surface area contributed by atoms with Crippen molar-refractivity contribution >= 4 is 49.7 Å². The van der Waals surface area contributed by atoms with Crippen LogP contribution < -0.4 is 4.90 Å². The summed E-state index contributed by atoms with van der Waals surface area (Å²) in [6.45, 7) is 4.05. The van der Waals surface area contributed by atoms with Crippen LogP contribution in [0.15, 0.2) is 71.3 Å². The zero-order valence-corrected chi connectivity index (χ0v) is 19.2. The molecule has 0 fully saturated rings. The van der Waals surface area contributed by atoms with Crippen molar-refractivity contribution < 1.29 is 14.7 Å². The minimum absolute atomic E-state index is 0.0940. The summed E-state index contributed by atoms with van der Waals surface area (Å²) >= 11 is 2.68. The van der Waals surface area contributed by atoms with E-state index in [2.05, 4.69) is 18.0 Å². The molecule has 2 aromatic heterocycles. The number of rotatable bonds is 5. The van der Waals surface area contributed by atoms with Crippen molar-refractivity contribution in [1.29, 1.82) is 0 Å². The molecule has 7 heteroatoms. The number of aromatic nitrogens is 1. The van der Waals surface area contributed by atoms with E-state index in [0.29, 0.717) is 10.0 Å². The standard InChI is InChI=1S/C25H20N2O3S2/c1-3-15-9-10-17-19(13-15)32-25(26-17)27-21(16-7-4-6-14(2)12-16)20(23(29)24(27)30)22(28)18-8-5-11-31-18/h4-13,21,29H,3H2,1-2H3. The van der Waals surface area contributed by atoms with Gasteiger partial charge in [-0.25, -0.2) is 4.98 Å². The fraction of sp³-hybridized carbons (Fsp3) is 0.160. The predicted octanol–water partition coefficient (Wildman–Crippen LogP) is 6.01. The molecule has 1 aliphatic rings. The molecule has 4 aromatic rings. The summed E-state index contributed by atoms with van der Waals surface area (Å²) in [5, 5.41) is 13.1. The van der Waals surface area contributed by atoms with E-state index in [-0.39, 0.29) is 11.4 Å². The van der Waals surface area contributed by atoms with E-state index in [1.54, 1.807) is 17.5 Å². The molecular formula is C25H20N2O3S2. The van der Waals surface area contributed by atoms with Gasteiger partial charge in [-0.3, -0.25) is 14.5 Å². The Morgan fingerprint density at radius 2 is 2.00 bits per heavy atom. The van der Waals surface area contributed by atoms with Gasteiger partial charge in [0.05, 0.1) is 26.7 Å². The Kier molecular flexibility index (Phi) is 5.15. The average Bonchev–Trinajstić information content (AvgIpc) is 3.51. The Morgan fingerprint density at radius 3 is 2.72 bits per heavy atom. The highest BCUT2D eigenvalue weighted by atomic mass is 32.1. The molecule has 1 amide bonds. The number of ketones is 1. The number of amides is 1. The minimum Gasteiger partial charge on any atom is -0.503 e. The van der Waals surface area contributed by atoms with Crippen molar-refractivity contribution in [1.82, 2.24) is 4.98 Å². The van der Waals surface area contributed by atoms with Crippen molar-refractivity contribution in [2.45, 2.75) is 26.3 Å². The van der Waals surface area contributed by atoms with Crippen molar-refractivity contribution in [3.63, 3.8) is 0 Å². The van der Waals surface area contributed by atoms with Gasteiger partial charge in [0.25, 0.3) is 5.91 Å². The third-order valence-corrected chi connectivity index (χ3v) is 7.50. The third kappa shape index (κ3) is 3.34. The van der Waals surface area contributed by atoms with Gasteiger partial charge in [-0.1, -0.05) is 60.2 Å². The van der Waals surface area contributed by atoms with Gasteiger partial charge in [0, 0.05) is 0 Å². The molecule has 0 aliphatic carbocycles. The van der Waals surface area contributed by atoms with E-state index < -0.39 is 17.7 Å². The Balaban J connectivity index is 1.68. The van der Waals surface area contributed by atoms with Gasteiger partial charge in [0.1, 0.15) is 0 Å². The summed E-state index contributed by atoms with van der Waals surface area (Å²) in [5.74, 6) is -1.45. The van der Waals surface area contributed by atoms with Gasteiger partial charge < -0.3 is 5.11 Å². The van der Waals surface area contributed by atoms with Gasteiger partial charge in [0.2, 0.25) is 5.78 Å². The molecule has 1 atom stereocenters. The van der Waals surface area contributed by atoms with E-state index in [1.807, 2.05) is 43.3 Å². The van der Waals surface area contributed by atoms with E-state index in [0.717, 1.165) is 27.8 Å². The van der Waals surface area contributed by atoms with E-state index in [4.69, 9.17) is 0 Å². The molecule has 2 aromatic carbocycles. The van der Waals surface area contributed by atoms with Crippen LogP contribution in [0.4, 0.5) is 5.13 Å². The number of aryl methyl sites for hydroxylation is 2. The maximum atomic E-state index is 13.4. The monoisotopic (exact) mass is 460 g/mol. The molecule has 32 heavy (non-hydrogen) atoms. The van der Waals surface area contributed by atoms with Gasteiger partial charge in [-0.05, 0) is 48.1 Å². The number of hydrogen-bond acceptors (Lipinski definition) is 6. The second-order valence-electron chi connectivity index (χ2n) is 7.71. The highest BCUT2D eigenvalue weighted by Crippen LogP contribution is 2.44. The summed E-state index contributed by atoms with van der Waals surface area (Å²) < 4.78 is 0.965. The van der Waals surface area contributed by atoms with Crippen LogP contribution in [-0.4, -0.2) is 21.8 Å². The number of aliphatic hydroxyl groups is 1. The number of benzene rings is 2. The number of anilines is 1. The molecule has 1 aliphatic heterocycles. The predicted molar refractivity (Wildman–Crippen MR) is 129 cm³/mol. The Hall–Kier alpha value is -3.29. The fourth-order valence-corrected chi connectivity index (χ4v) is 5.74. The van der Waals surface area contributed by atoms with Crippen LogP contribution in [0.25, 0.3) is 10.2 Å². The second-order valence-corrected chi connectivity index (χ2v) is 9.67. The minimum atomic E-state index is -0.747. The van der Waals surface area contributed by atoms with Crippen LogP contribution in [-0.2, 0) is 11.2 Å². The van der Waals surface area contributed by atoms with Gasteiger partial charge in [0.15, 0.2) is 10.9 Å². The molecule has 0 bridgehead atoms. The molecule has 0 saturated heterocycles. The quantitative estimate of drug-likeness (QED) is 0.370. The van der Waals surface area contributed by atoms with Crippen LogP contribution in [0, 0.1) is 6.92 Å². The lowest BCUT2D eigenvalue weighted by Crippen LogP contribution is -2.30. The largest absolute Gasteiger partial charge is 0.503 e. The number of thiazole rings is 1. The lowest BCUT2D eigenvalue weighted by molar-refractivity contribution is -0.117. The lowest BCUT2D eigenvalue weighted by atomic mass is 9.94. The first kappa shape index (κ1) is 20.6. The number of fused-ring (bicyclic) bond motifs is 1. The van der Waals surface area contributed by atoms with Crippen molar-refractivity contribution in [2.24, 2.45) is 0 Å². The second kappa shape index (κ2) is 8.00. The Labute approximate surface area is 193 Å². The molecule has 0 spiro atoms. The summed E-state index contributed by atoms with van der Waals surface area (Å²) in [7, 11) is 0. The number of carbonyl (C=O) groups excluding carboxylic acids is 2. The topological polar surface area (TPSA) is 70.5 Å². The van der Waals surface area contributed by atoms with E-state index in [1.165, 1.54) is 33.1 Å². The number of carbonyl (C=O) groups is 2. The maximum Gasteiger partial charge on any atom is 0.296 e. The summed E-state index contributed by atoms with van der Waals surface area (Å²) in [4.78, 5) is 33.3. The Bertz CT molecular complexity index is 1390. The number of aliphatic hydroxyl groups excluding tert-OH is 1. The highest BCUT2D eigenvalue weighted by molar-refractivity contribution is 7.22. The smallest absolute Gasteiger partial charge is 0.296 e. The van der Waals surface area contributed by atoms with Crippen molar-refractivity contribution in [2.75, 3.05) is 4.90 Å². The molecule has 0 saturated carbocycles. The van der Waals surface area contributed by atoms with Crippen molar-refractivity contribution in [3.05, 3.63) is 92.9 Å². The zero-order chi connectivity index (χ0) is 22.4. The first-order valence-electron chi connectivity index (χ1n) is 10.3. The zero-order valence-electron chi connectivity index (χ0n) is 17.5. The average molecular weight is 461 g/mol. The van der Waals surface area contributed by atoms with Crippen LogP contribution in [0.1, 0.15) is 39.3 Å². The molecule has 1 N–H and O–H groups in total. The third-order valence-electron chi connectivity index (χ3n) is 5.61. The molecule has 1 unspecified atom stereocenters. The molecule has 160 valence electrons. The van der Waals surface area contributed by atoms with Crippen LogP contribution in [0.3, 0.4) is 0 Å². The summed E-state index contributed by atoms with van der Waals surface area (Å²) in [6.07, 6.45) is 0.902. The molecule has 5 nitrogen and oxygen atoms in total. The van der Waals surface area contributed by atoms with E-state index in [9.17, 15) is 14.7 Å². The first-order chi connectivity index (χ1) is 15.5. The number of nitrogens with zero attached hydrogens (tertiary/aromatic N) is 2. The molecular weight excluding hydrogens is 440 g/mol. The molecule has 5 rings (SSSR count). The van der Waals surface area contributed by atoms with Crippen LogP contribution in [0.2, 0.25) is 0 Å². The lowest BCUT2D eigenvalue weighted by Gasteiger charge is -2.24. The van der Waals surface area contributed by atoms with Crippen LogP contribution in [0.5, 0.6) is 0 Å². The van der Waals surface area contributed by atoms with Gasteiger partial charge in [-0.15, -0.1) is 11.3 Å². The van der Waals surface area contributed by atoms with E-state index >= 15 is 0 Å². The number of hydrogen-bond donors (Lipinski definition) is 1. The van der Waals surface area contributed by atoms with Gasteiger partial charge >= 0.3 is 0 Å². The fourth-order valence-electron chi connectivity index (χ4n) is 4.01. The molecule has 3 heterocycles. The highest BCUT2D eigenvalue weighted by Gasteiger charge is 2.46. The SMILES string of the molecule is CCc1ccc2nc(N3C(=O)C(O)=C(C(=O)c4cccs4)C3c3cccc(C)c3)sc2c1. The normalized spacial score (nSPS) is 16.4. The number of Topliss-reactive ketones (excluding diaryl/α,β-unsaturated/α-hetero) is 1. The van der Waals surface area contributed by atoms with Gasteiger partial charge in [-0.2, -0.15) is 0 Å². The molecule has 0 radical (unpaired) electrons.